The van der Waals surface area contributed by atoms with Crippen molar-refractivity contribution < 1.29 is 0 Å². The summed E-state index contributed by atoms with van der Waals surface area (Å²) < 4.78 is 1.58. The van der Waals surface area contributed by atoms with Crippen molar-refractivity contribution in [1.82, 2.24) is 24.6 Å². The first kappa shape index (κ1) is 15.7. The number of anilines is 1. The van der Waals surface area contributed by atoms with E-state index in [1.165, 1.54) is 0 Å². The van der Waals surface area contributed by atoms with Gasteiger partial charge in [0.2, 0.25) is 5.28 Å². The van der Waals surface area contributed by atoms with E-state index in [2.05, 4.69) is 28.1 Å². The van der Waals surface area contributed by atoms with E-state index in [0.29, 0.717) is 16.8 Å². The molecule has 0 bridgehead atoms. The molecule has 7 heteroatoms. The van der Waals surface area contributed by atoms with Crippen molar-refractivity contribution in [3.63, 3.8) is 0 Å². The molecule has 0 radical (unpaired) electrons. The Morgan fingerprint density at radius 2 is 1.65 bits per heavy atom. The Hall–Kier alpha value is -2.21. The summed E-state index contributed by atoms with van der Waals surface area (Å²) in [6.45, 7) is 7.86. The Balaban J connectivity index is 2.36. The highest BCUT2D eigenvalue weighted by Gasteiger charge is 2.20. The van der Waals surface area contributed by atoms with Crippen LogP contribution in [0.25, 0.3) is 16.8 Å². The van der Waals surface area contributed by atoms with Crippen LogP contribution in [-0.2, 0) is 0 Å². The molecule has 0 saturated heterocycles. The number of aryl methyl sites for hydroxylation is 4. The number of halogens is 1. The van der Waals surface area contributed by atoms with Gasteiger partial charge >= 0.3 is 0 Å². The topological polar surface area (TPSA) is 59.2 Å². The molecule has 0 fully saturated rings. The van der Waals surface area contributed by atoms with Crippen LogP contribution in [0.15, 0.2) is 6.07 Å². The molecule has 0 aromatic carbocycles. The Labute approximate surface area is 140 Å². The molecular weight excluding hydrogens is 312 g/mol. The van der Waals surface area contributed by atoms with Gasteiger partial charge in [-0.15, -0.1) is 0 Å². The van der Waals surface area contributed by atoms with Crippen molar-refractivity contribution in [1.29, 1.82) is 0 Å². The lowest BCUT2D eigenvalue weighted by Gasteiger charge is -2.16. The third kappa shape index (κ3) is 2.53. The second kappa shape index (κ2) is 5.45. The molecule has 23 heavy (non-hydrogen) atoms. The molecule has 3 aromatic heterocycles. The zero-order valence-electron chi connectivity index (χ0n) is 14.1. The summed E-state index contributed by atoms with van der Waals surface area (Å²) in [5.74, 6) is 1.55. The average molecular weight is 331 g/mol. The number of fused-ring (bicyclic) bond motifs is 1. The quantitative estimate of drug-likeness (QED) is 0.722. The Bertz CT molecular complexity index is 890. The van der Waals surface area contributed by atoms with Gasteiger partial charge in [0, 0.05) is 25.4 Å². The molecule has 120 valence electrons. The molecule has 0 aliphatic carbocycles. The highest BCUT2D eigenvalue weighted by atomic mass is 35.5. The van der Waals surface area contributed by atoms with E-state index in [1.54, 1.807) is 4.52 Å². The number of hydrogen-bond acceptors (Lipinski definition) is 5. The molecule has 3 rings (SSSR count). The molecule has 0 aliphatic heterocycles. The zero-order chi connectivity index (χ0) is 16.9. The van der Waals surface area contributed by atoms with E-state index in [-0.39, 0.29) is 0 Å². The van der Waals surface area contributed by atoms with Crippen LogP contribution in [0.4, 0.5) is 5.82 Å². The third-order valence-electron chi connectivity index (χ3n) is 3.82. The Morgan fingerprint density at radius 1 is 0.957 bits per heavy atom. The lowest BCUT2D eigenvalue weighted by Crippen LogP contribution is -2.12. The van der Waals surface area contributed by atoms with Gasteiger partial charge in [-0.1, -0.05) is 0 Å². The second-order valence-electron chi connectivity index (χ2n) is 5.89. The molecular formula is C16H19ClN6. The summed E-state index contributed by atoms with van der Waals surface area (Å²) in [6, 6.07) is 2.07. The van der Waals surface area contributed by atoms with E-state index in [0.717, 1.165) is 33.9 Å². The fourth-order valence-electron chi connectivity index (χ4n) is 2.82. The summed E-state index contributed by atoms with van der Waals surface area (Å²) in [7, 11) is 3.97. The van der Waals surface area contributed by atoms with Crippen LogP contribution < -0.4 is 4.90 Å². The van der Waals surface area contributed by atoms with Crippen LogP contribution in [0.1, 0.15) is 22.8 Å². The average Bonchev–Trinajstić information content (AvgIpc) is 2.75. The highest BCUT2D eigenvalue weighted by Crippen LogP contribution is 2.34. The highest BCUT2D eigenvalue weighted by molar-refractivity contribution is 6.28. The largest absolute Gasteiger partial charge is 0.363 e. The zero-order valence-corrected chi connectivity index (χ0v) is 14.9. The fourth-order valence-corrected chi connectivity index (χ4v) is 3.06. The molecule has 0 atom stereocenters. The summed E-state index contributed by atoms with van der Waals surface area (Å²) in [5.41, 5.74) is 5.66. The van der Waals surface area contributed by atoms with Gasteiger partial charge in [0.15, 0.2) is 5.65 Å². The summed E-state index contributed by atoms with van der Waals surface area (Å²) in [4.78, 5) is 15.4. The van der Waals surface area contributed by atoms with Crippen molar-refractivity contribution >= 4 is 23.1 Å². The molecule has 0 aliphatic rings. The molecule has 0 amide bonds. The van der Waals surface area contributed by atoms with Gasteiger partial charge in [-0.2, -0.15) is 9.61 Å². The number of nitrogens with zero attached hydrogens (tertiary/aromatic N) is 6. The van der Waals surface area contributed by atoms with Gasteiger partial charge in [0.1, 0.15) is 11.6 Å². The Morgan fingerprint density at radius 3 is 2.26 bits per heavy atom. The Kier molecular flexibility index (Phi) is 3.72. The number of aromatic nitrogens is 5. The maximum atomic E-state index is 6.21. The minimum Gasteiger partial charge on any atom is -0.363 e. The molecule has 0 saturated carbocycles. The lowest BCUT2D eigenvalue weighted by atomic mass is 9.99. The number of hydrogen-bond donors (Lipinski definition) is 0. The molecule has 3 heterocycles. The van der Waals surface area contributed by atoms with Crippen molar-refractivity contribution in [2.45, 2.75) is 27.7 Å². The van der Waals surface area contributed by atoms with E-state index < -0.39 is 0 Å². The van der Waals surface area contributed by atoms with Crippen LogP contribution in [0.2, 0.25) is 5.28 Å². The van der Waals surface area contributed by atoms with Gasteiger partial charge in [0.05, 0.1) is 11.3 Å². The van der Waals surface area contributed by atoms with Gasteiger partial charge in [-0.3, -0.25) is 0 Å². The number of rotatable bonds is 2. The van der Waals surface area contributed by atoms with E-state index in [9.17, 15) is 0 Å². The SMILES string of the molecule is Cc1nc(Cl)n2nc(C)c(-c3c(C)cc(N(C)C)nc3C)c2n1. The predicted octanol–water partition coefficient (Wildman–Crippen LogP) is 3.14. The van der Waals surface area contributed by atoms with Crippen LogP contribution in [0.5, 0.6) is 0 Å². The maximum absolute atomic E-state index is 6.21. The maximum Gasteiger partial charge on any atom is 0.227 e. The van der Waals surface area contributed by atoms with Gasteiger partial charge in [-0.25, -0.2) is 15.0 Å². The first-order valence-corrected chi connectivity index (χ1v) is 7.72. The van der Waals surface area contributed by atoms with Crippen LogP contribution in [0, 0.1) is 27.7 Å². The van der Waals surface area contributed by atoms with E-state index in [4.69, 9.17) is 16.6 Å². The summed E-state index contributed by atoms with van der Waals surface area (Å²) in [5, 5.41) is 4.81. The minimum absolute atomic E-state index is 0.315. The second-order valence-corrected chi connectivity index (χ2v) is 6.23. The first-order chi connectivity index (χ1) is 10.8. The van der Waals surface area contributed by atoms with Crippen molar-refractivity contribution in [3.05, 3.63) is 34.1 Å². The smallest absolute Gasteiger partial charge is 0.227 e. The van der Waals surface area contributed by atoms with Crippen LogP contribution in [-0.4, -0.2) is 38.7 Å². The number of pyridine rings is 1. The van der Waals surface area contributed by atoms with Gasteiger partial charge < -0.3 is 4.90 Å². The standard InChI is InChI=1S/C16H19ClN6/c1-8-7-12(22(5)6)18-9(2)13(8)14-10(3)21-23-15(14)19-11(4)20-16(23)17/h7H,1-6H3. The molecule has 0 N–H and O–H groups in total. The van der Waals surface area contributed by atoms with E-state index >= 15 is 0 Å². The van der Waals surface area contributed by atoms with Crippen molar-refractivity contribution in [2.24, 2.45) is 0 Å². The third-order valence-corrected chi connectivity index (χ3v) is 4.07. The minimum atomic E-state index is 0.315. The molecule has 0 spiro atoms. The monoisotopic (exact) mass is 330 g/mol. The first-order valence-electron chi connectivity index (χ1n) is 7.35. The summed E-state index contributed by atoms with van der Waals surface area (Å²) >= 11 is 6.21. The van der Waals surface area contributed by atoms with Gasteiger partial charge in [-0.05, 0) is 50.9 Å². The summed E-state index contributed by atoms with van der Waals surface area (Å²) in [6.07, 6.45) is 0. The van der Waals surface area contributed by atoms with Crippen LogP contribution >= 0.6 is 11.6 Å². The van der Waals surface area contributed by atoms with Crippen LogP contribution in [0.3, 0.4) is 0 Å². The predicted molar refractivity (Wildman–Crippen MR) is 92.3 cm³/mol. The fraction of sp³-hybridized carbons (Fsp3) is 0.375. The van der Waals surface area contributed by atoms with E-state index in [1.807, 2.05) is 39.8 Å². The molecule has 0 unspecified atom stereocenters. The van der Waals surface area contributed by atoms with Crippen molar-refractivity contribution in [3.8, 4) is 11.1 Å². The molecule has 3 aromatic rings. The normalized spacial score (nSPS) is 11.3. The lowest BCUT2D eigenvalue weighted by molar-refractivity contribution is 0.858. The molecule has 6 nitrogen and oxygen atoms in total. The van der Waals surface area contributed by atoms with Crippen molar-refractivity contribution in [2.75, 3.05) is 19.0 Å². The van der Waals surface area contributed by atoms with Gasteiger partial charge in [0.25, 0.3) is 0 Å².